The van der Waals surface area contributed by atoms with E-state index in [1.165, 1.54) is 60.5 Å². The van der Waals surface area contributed by atoms with Crippen molar-refractivity contribution >= 4 is 33.4 Å². The zero-order valence-electron chi connectivity index (χ0n) is 21.0. The summed E-state index contributed by atoms with van der Waals surface area (Å²) >= 11 is 1.22. The molecule has 2 rings (SSSR count). The van der Waals surface area contributed by atoms with E-state index in [0.717, 1.165) is 24.3 Å². The first-order valence-electron chi connectivity index (χ1n) is 11.9. The Kier molecular flexibility index (Phi) is 10.0. The topological polar surface area (TPSA) is 56.1 Å². The largest absolute Gasteiger partial charge is 0.372 e. The van der Waals surface area contributed by atoms with Crippen LogP contribution in [0.1, 0.15) is 56.5 Å². The van der Waals surface area contributed by atoms with Crippen LogP contribution in [0.3, 0.4) is 0 Å². The van der Waals surface area contributed by atoms with Gasteiger partial charge >= 0.3 is 0 Å². The van der Waals surface area contributed by atoms with Crippen LogP contribution >= 0.6 is 11.3 Å². The lowest BCUT2D eigenvalue weighted by Gasteiger charge is -2.36. The van der Waals surface area contributed by atoms with Gasteiger partial charge in [-0.05, 0) is 83.7 Å². The van der Waals surface area contributed by atoms with E-state index in [1.807, 2.05) is 13.0 Å². The molecule has 33 heavy (non-hydrogen) atoms. The van der Waals surface area contributed by atoms with Gasteiger partial charge in [-0.1, -0.05) is 0 Å². The third-order valence-electron chi connectivity index (χ3n) is 6.81. The molecule has 6 nitrogen and oxygen atoms in total. The summed E-state index contributed by atoms with van der Waals surface area (Å²) in [5, 5.41) is 18.4. The van der Waals surface area contributed by atoms with Gasteiger partial charge in [0.2, 0.25) is 5.69 Å². The van der Waals surface area contributed by atoms with Gasteiger partial charge in [0.05, 0.1) is 43.3 Å². The number of hydrogen-bond donors (Lipinski definition) is 0. The molecule has 0 N–H and O–H groups in total. The number of nitrogens with zero attached hydrogens (tertiary/aromatic N) is 6. The number of benzene rings is 1. The number of rotatable bonds is 12. The number of aryl methyl sites for hydroxylation is 1. The standard InChI is InChI=1S/C26H37N6S/c1-8-31(16-12-13-17-32(9-2,10-3)11-4)22-14-15-23(20(5)18-22)29-30-26-25(28-7)21(6)24(19-27)33-26/h14-15,18H,8-13,16-17H2,1-6H3/q+1. The Morgan fingerprint density at radius 2 is 1.79 bits per heavy atom. The van der Waals surface area contributed by atoms with Crippen LogP contribution in [-0.2, 0) is 0 Å². The van der Waals surface area contributed by atoms with Crippen LogP contribution < -0.4 is 4.90 Å². The van der Waals surface area contributed by atoms with Gasteiger partial charge in [-0.3, -0.25) is 0 Å². The molecule has 0 atom stereocenters. The van der Waals surface area contributed by atoms with Gasteiger partial charge in [0.25, 0.3) is 0 Å². The summed E-state index contributed by atoms with van der Waals surface area (Å²) in [6.07, 6.45) is 2.43. The molecule has 0 amide bonds. The van der Waals surface area contributed by atoms with Gasteiger partial charge in [-0.2, -0.15) is 15.5 Å². The Morgan fingerprint density at radius 3 is 2.33 bits per heavy atom. The highest BCUT2D eigenvalue weighted by atomic mass is 32.1. The van der Waals surface area contributed by atoms with Gasteiger partial charge < -0.3 is 9.38 Å². The normalized spacial score (nSPS) is 11.5. The van der Waals surface area contributed by atoms with Crippen LogP contribution in [0.25, 0.3) is 4.85 Å². The molecular formula is C26H37N6S+. The molecule has 0 spiro atoms. The Labute approximate surface area is 203 Å². The Hall–Kier alpha value is -2.74. The molecule has 0 saturated carbocycles. The van der Waals surface area contributed by atoms with Gasteiger partial charge in [-0.25, -0.2) is 4.85 Å². The number of nitriles is 1. The smallest absolute Gasteiger partial charge is 0.229 e. The first kappa shape index (κ1) is 26.5. The lowest BCUT2D eigenvalue weighted by atomic mass is 10.1. The predicted octanol–water partition coefficient (Wildman–Crippen LogP) is 7.69. The Bertz CT molecular complexity index is 1030. The summed E-state index contributed by atoms with van der Waals surface area (Å²) in [5.41, 5.74) is 4.14. The summed E-state index contributed by atoms with van der Waals surface area (Å²) in [7, 11) is 0. The minimum atomic E-state index is 0.420. The fourth-order valence-electron chi connectivity index (χ4n) is 4.21. The minimum absolute atomic E-state index is 0.420. The molecule has 0 radical (unpaired) electrons. The monoisotopic (exact) mass is 465 g/mol. The van der Waals surface area contributed by atoms with Gasteiger partial charge in [0, 0.05) is 18.8 Å². The number of anilines is 1. The van der Waals surface area contributed by atoms with Crippen molar-refractivity contribution < 1.29 is 4.48 Å². The summed E-state index contributed by atoms with van der Waals surface area (Å²) in [6.45, 7) is 27.2. The fraction of sp³-hybridized carbons (Fsp3) is 0.538. The van der Waals surface area contributed by atoms with Crippen molar-refractivity contribution in [3.63, 3.8) is 0 Å². The van der Waals surface area contributed by atoms with Crippen LogP contribution in [0, 0.1) is 31.8 Å². The van der Waals surface area contributed by atoms with Gasteiger partial charge in [0.15, 0.2) is 0 Å². The number of azo groups is 1. The molecule has 176 valence electrons. The maximum atomic E-state index is 9.22. The molecule has 0 saturated heterocycles. The average molecular weight is 466 g/mol. The highest BCUT2D eigenvalue weighted by Crippen LogP contribution is 2.42. The molecule has 0 aliphatic carbocycles. The Balaban J connectivity index is 2.07. The summed E-state index contributed by atoms with van der Waals surface area (Å²) in [6, 6.07) is 8.39. The van der Waals surface area contributed by atoms with E-state index < -0.39 is 0 Å². The number of quaternary nitrogens is 1. The van der Waals surface area contributed by atoms with Crippen LogP contribution in [-0.4, -0.2) is 43.8 Å². The Morgan fingerprint density at radius 1 is 1.09 bits per heavy atom. The predicted molar refractivity (Wildman–Crippen MR) is 139 cm³/mol. The van der Waals surface area contributed by atoms with Crippen molar-refractivity contribution in [3.05, 3.63) is 45.6 Å². The van der Waals surface area contributed by atoms with Gasteiger partial charge in [0.1, 0.15) is 11.1 Å². The molecule has 1 aromatic heterocycles. The third kappa shape index (κ3) is 6.41. The van der Waals surface area contributed by atoms with Crippen LogP contribution in [0.2, 0.25) is 0 Å². The zero-order valence-corrected chi connectivity index (χ0v) is 21.8. The van der Waals surface area contributed by atoms with E-state index in [9.17, 15) is 5.26 Å². The van der Waals surface area contributed by atoms with E-state index in [0.29, 0.717) is 21.1 Å². The van der Waals surface area contributed by atoms with Crippen molar-refractivity contribution in [2.24, 2.45) is 10.2 Å². The van der Waals surface area contributed by atoms with Crippen LogP contribution in [0.5, 0.6) is 0 Å². The number of hydrogen-bond acceptors (Lipinski definition) is 5. The number of thiophene rings is 1. The van der Waals surface area contributed by atoms with E-state index in [1.54, 1.807) is 6.92 Å². The van der Waals surface area contributed by atoms with E-state index >= 15 is 0 Å². The van der Waals surface area contributed by atoms with Gasteiger partial charge in [-0.15, -0.1) is 11.3 Å². The molecule has 0 bridgehead atoms. The molecule has 7 heteroatoms. The van der Waals surface area contributed by atoms with Crippen molar-refractivity contribution in [3.8, 4) is 6.07 Å². The molecular weight excluding hydrogens is 428 g/mol. The fourth-order valence-corrected chi connectivity index (χ4v) is 5.07. The second-order valence-corrected chi connectivity index (χ2v) is 9.40. The maximum Gasteiger partial charge on any atom is 0.229 e. The SMILES string of the molecule is [C-]#[N+]c1c(N=Nc2ccc(N(CC)CCCC[N+](CC)(CC)CC)cc2C)sc(C#N)c1C. The third-order valence-corrected chi connectivity index (χ3v) is 7.88. The van der Waals surface area contributed by atoms with Crippen molar-refractivity contribution in [1.29, 1.82) is 5.26 Å². The molecule has 2 aromatic rings. The molecule has 0 aliphatic heterocycles. The summed E-state index contributed by atoms with van der Waals surface area (Å²) < 4.78 is 1.21. The van der Waals surface area contributed by atoms with Crippen LogP contribution in [0.15, 0.2) is 28.4 Å². The second-order valence-electron chi connectivity index (χ2n) is 8.41. The summed E-state index contributed by atoms with van der Waals surface area (Å²) in [4.78, 5) is 6.48. The molecule has 0 unspecified atom stereocenters. The van der Waals surface area contributed by atoms with Crippen molar-refractivity contribution in [1.82, 2.24) is 0 Å². The minimum Gasteiger partial charge on any atom is -0.372 e. The summed E-state index contributed by atoms with van der Waals surface area (Å²) in [5.74, 6) is 0. The second kappa shape index (κ2) is 12.5. The maximum absolute atomic E-state index is 9.22. The molecule has 1 heterocycles. The molecule has 0 aliphatic rings. The van der Waals surface area contributed by atoms with Crippen LogP contribution in [0.4, 0.5) is 22.1 Å². The zero-order chi connectivity index (χ0) is 24.4. The van der Waals surface area contributed by atoms with E-state index in [-0.39, 0.29) is 0 Å². The lowest BCUT2D eigenvalue weighted by molar-refractivity contribution is -0.923. The molecule has 1 aromatic carbocycles. The molecule has 0 fully saturated rings. The van der Waals surface area contributed by atoms with E-state index in [2.05, 4.69) is 65.9 Å². The lowest BCUT2D eigenvalue weighted by Crippen LogP contribution is -2.48. The highest BCUT2D eigenvalue weighted by molar-refractivity contribution is 7.17. The average Bonchev–Trinajstić information content (AvgIpc) is 3.15. The highest BCUT2D eigenvalue weighted by Gasteiger charge is 2.20. The van der Waals surface area contributed by atoms with Crippen molar-refractivity contribution in [2.75, 3.05) is 44.2 Å². The number of unbranched alkanes of at least 4 members (excludes halogenated alkanes) is 1. The van der Waals surface area contributed by atoms with E-state index in [4.69, 9.17) is 6.57 Å². The first-order valence-corrected chi connectivity index (χ1v) is 12.7. The first-order chi connectivity index (χ1) is 15.9. The van der Waals surface area contributed by atoms with Crippen molar-refractivity contribution in [2.45, 2.75) is 54.4 Å². The quantitative estimate of drug-likeness (QED) is 0.140.